The minimum absolute atomic E-state index is 0.615. The molecule has 0 saturated heterocycles. The molecule has 2 N–H and O–H groups in total. The highest BCUT2D eigenvalue weighted by Gasteiger charge is 2.16. The van der Waals surface area contributed by atoms with E-state index in [1.54, 1.807) is 24.9 Å². The molecule has 0 aromatic carbocycles. The molecule has 4 heteroatoms. The van der Waals surface area contributed by atoms with Crippen LogP contribution in [-0.2, 0) is 5.75 Å². The van der Waals surface area contributed by atoms with E-state index in [0.717, 1.165) is 11.5 Å². The molecular weight excluding hydrogens is 184 g/mol. The Morgan fingerprint density at radius 2 is 2.54 bits per heavy atom. The minimum Gasteiger partial charge on any atom is -0.468 e. The van der Waals surface area contributed by atoms with Crippen LogP contribution in [0.1, 0.15) is 12.7 Å². The lowest BCUT2D eigenvalue weighted by Crippen LogP contribution is -2.36. The molecule has 0 bridgehead atoms. The van der Waals surface area contributed by atoms with Gasteiger partial charge in [-0.3, -0.25) is 0 Å². The van der Waals surface area contributed by atoms with Gasteiger partial charge in [0.05, 0.1) is 18.1 Å². The van der Waals surface area contributed by atoms with Crippen molar-refractivity contribution in [2.75, 3.05) is 5.75 Å². The first kappa shape index (κ1) is 10.2. The summed E-state index contributed by atoms with van der Waals surface area (Å²) in [6, 6.07) is 5.81. The van der Waals surface area contributed by atoms with Gasteiger partial charge in [-0.05, 0) is 19.1 Å². The van der Waals surface area contributed by atoms with Crippen molar-refractivity contribution in [2.45, 2.75) is 18.2 Å². The number of nitrogens with zero attached hydrogens (tertiary/aromatic N) is 1. The molecule has 1 unspecified atom stereocenters. The van der Waals surface area contributed by atoms with Crippen LogP contribution < -0.4 is 5.73 Å². The Kier molecular flexibility index (Phi) is 3.40. The van der Waals surface area contributed by atoms with Gasteiger partial charge in [-0.25, -0.2) is 0 Å². The second-order valence-corrected chi connectivity index (χ2v) is 4.09. The molecular formula is C9H12N2OS. The SMILES string of the molecule is CC(N)(C#N)CSCc1ccco1. The quantitative estimate of drug-likeness (QED) is 0.797. The van der Waals surface area contributed by atoms with Gasteiger partial charge in [0.1, 0.15) is 11.3 Å². The van der Waals surface area contributed by atoms with Crippen molar-refractivity contribution in [1.29, 1.82) is 5.26 Å². The molecule has 0 aliphatic carbocycles. The number of furan rings is 1. The first-order chi connectivity index (χ1) is 6.14. The number of thioether (sulfide) groups is 1. The summed E-state index contributed by atoms with van der Waals surface area (Å²) in [5.74, 6) is 2.30. The standard InChI is InChI=1S/C9H12N2OS/c1-9(11,6-10)7-13-5-8-3-2-4-12-8/h2-4H,5,7,11H2,1H3. The Hall–Kier alpha value is -0.920. The monoisotopic (exact) mass is 196 g/mol. The molecule has 0 amide bonds. The Morgan fingerprint density at radius 3 is 3.08 bits per heavy atom. The molecule has 1 aromatic rings. The van der Waals surface area contributed by atoms with Crippen molar-refractivity contribution >= 4 is 11.8 Å². The van der Waals surface area contributed by atoms with Crippen molar-refractivity contribution in [3.05, 3.63) is 24.2 Å². The number of rotatable bonds is 4. The van der Waals surface area contributed by atoms with E-state index < -0.39 is 5.54 Å². The van der Waals surface area contributed by atoms with Gasteiger partial charge >= 0.3 is 0 Å². The predicted octanol–water partition coefficient (Wildman–Crippen LogP) is 1.75. The van der Waals surface area contributed by atoms with Crippen LogP contribution in [0.15, 0.2) is 22.8 Å². The fourth-order valence-electron chi connectivity index (χ4n) is 0.791. The molecule has 0 fully saturated rings. The maximum Gasteiger partial charge on any atom is 0.113 e. The van der Waals surface area contributed by atoms with Crippen molar-refractivity contribution in [2.24, 2.45) is 5.73 Å². The average molecular weight is 196 g/mol. The van der Waals surface area contributed by atoms with E-state index in [2.05, 4.69) is 0 Å². The predicted molar refractivity (Wildman–Crippen MR) is 53.1 cm³/mol. The third-order valence-corrected chi connectivity index (χ3v) is 2.77. The van der Waals surface area contributed by atoms with Crippen molar-refractivity contribution in [3.8, 4) is 6.07 Å². The van der Waals surface area contributed by atoms with E-state index in [4.69, 9.17) is 15.4 Å². The highest BCUT2D eigenvalue weighted by atomic mass is 32.2. The average Bonchev–Trinajstić information content (AvgIpc) is 2.57. The van der Waals surface area contributed by atoms with Crippen LogP contribution in [0.3, 0.4) is 0 Å². The lowest BCUT2D eigenvalue weighted by molar-refractivity contribution is 0.530. The van der Waals surface area contributed by atoms with Crippen molar-refractivity contribution in [3.63, 3.8) is 0 Å². The van der Waals surface area contributed by atoms with Gasteiger partial charge in [0.25, 0.3) is 0 Å². The molecule has 0 radical (unpaired) electrons. The zero-order valence-corrected chi connectivity index (χ0v) is 8.30. The maximum atomic E-state index is 8.64. The molecule has 13 heavy (non-hydrogen) atoms. The second-order valence-electron chi connectivity index (χ2n) is 3.10. The van der Waals surface area contributed by atoms with Crippen LogP contribution in [0.5, 0.6) is 0 Å². The van der Waals surface area contributed by atoms with Crippen LogP contribution in [-0.4, -0.2) is 11.3 Å². The molecule has 0 aliphatic heterocycles. The van der Waals surface area contributed by atoms with Gasteiger partial charge in [0.2, 0.25) is 0 Å². The maximum absolute atomic E-state index is 8.64. The van der Waals surface area contributed by atoms with E-state index in [1.807, 2.05) is 18.2 Å². The van der Waals surface area contributed by atoms with Gasteiger partial charge in [0.15, 0.2) is 0 Å². The first-order valence-corrected chi connectivity index (χ1v) is 5.10. The first-order valence-electron chi connectivity index (χ1n) is 3.94. The number of hydrogen-bond donors (Lipinski definition) is 1. The third-order valence-electron chi connectivity index (χ3n) is 1.48. The lowest BCUT2D eigenvalue weighted by atomic mass is 10.1. The Morgan fingerprint density at radius 1 is 1.77 bits per heavy atom. The van der Waals surface area contributed by atoms with Gasteiger partial charge in [0, 0.05) is 5.75 Å². The molecule has 1 atom stereocenters. The van der Waals surface area contributed by atoms with Crippen molar-refractivity contribution in [1.82, 2.24) is 0 Å². The van der Waals surface area contributed by atoms with E-state index >= 15 is 0 Å². The van der Waals surface area contributed by atoms with Crippen molar-refractivity contribution < 1.29 is 4.42 Å². The van der Waals surface area contributed by atoms with Crippen LogP contribution in [0.25, 0.3) is 0 Å². The summed E-state index contributed by atoms with van der Waals surface area (Å²) in [5, 5.41) is 8.64. The van der Waals surface area contributed by atoms with Crippen LogP contribution in [0.2, 0.25) is 0 Å². The highest BCUT2D eigenvalue weighted by Crippen LogP contribution is 2.16. The molecule has 0 aliphatic rings. The molecule has 3 nitrogen and oxygen atoms in total. The van der Waals surface area contributed by atoms with Gasteiger partial charge in [-0.1, -0.05) is 0 Å². The Labute approximate surface area is 81.9 Å². The summed E-state index contributed by atoms with van der Waals surface area (Å²) in [6.07, 6.45) is 1.64. The lowest BCUT2D eigenvalue weighted by Gasteiger charge is -2.13. The topological polar surface area (TPSA) is 63.0 Å². The van der Waals surface area contributed by atoms with Crippen LogP contribution in [0.4, 0.5) is 0 Å². The van der Waals surface area contributed by atoms with E-state index in [-0.39, 0.29) is 0 Å². The normalized spacial score (nSPS) is 14.8. The zero-order chi connectivity index (χ0) is 9.73. The molecule has 1 heterocycles. The fourth-order valence-corrected chi connectivity index (χ4v) is 1.75. The number of hydrogen-bond acceptors (Lipinski definition) is 4. The van der Waals surface area contributed by atoms with Gasteiger partial charge in [-0.2, -0.15) is 17.0 Å². The summed E-state index contributed by atoms with van der Waals surface area (Å²) in [7, 11) is 0. The van der Waals surface area contributed by atoms with E-state index in [0.29, 0.717) is 5.75 Å². The smallest absolute Gasteiger partial charge is 0.113 e. The van der Waals surface area contributed by atoms with Crippen LogP contribution >= 0.6 is 11.8 Å². The third kappa shape index (κ3) is 3.53. The molecule has 1 rings (SSSR count). The fraction of sp³-hybridized carbons (Fsp3) is 0.444. The minimum atomic E-state index is -0.739. The van der Waals surface area contributed by atoms with E-state index in [9.17, 15) is 0 Å². The number of nitriles is 1. The summed E-state index contributed by atoms with van der Waals surface area (Å²) < 4.78 is 5.14. The molecule has 0 saturated carbocycles. The molecule has 0 spiro atoms. The Balaban J connectivity index is 2.26. The summed E-state index contributed by atoms with van der Waals surface area (Å²) in [6.45, 7) is 1.72. The van der Waals surface area contributed by atoms with E-state index in [1.165, 1.54) is 0 Å². The summed E-state index contributed by atoms with van der Waals surface area (Å²) in [5.41, 5.74) is 4.90. The summed E-state index contributed by atoms with van der Waals surface area (Å²) >= 11 is 1.60. The molecule has 1 aromatic heterocycles. The number of nitrogens with two attached hydrogens (primary N) is 1. The second kappa shape index (κ2) is 4.35. The Bertz CT molecular complexity index is 287. The van der Waals surface area contributed by atoms with Gasteiger partial charge in [-0.15, -0.1) is 0 Å². The zero-order valence-electron chi connectivity index (χ0n) is 7.49. The largest absolute Gasteiger partial charge is 0.468 e. The van der Waals surface area contributed by atoms with Crippen LogP contribution in [0, 0.1) is 11.3 Å². The summed E-state index contributed by atoms with van der Waals surface area (Å²) in [4.78, 5) is 0. The molecule has 70 valence electrons. The van der Waals surface area contributed by atoms with Gasteiger partial charge < -0.3 is 10.2 Å². The highest BCUT2D eigenvalue weighted by molar-refractivity contribution is 7.98.